The third-order valence-corrected chi connectivity index (χ3v) is 6.21. The lowest BCUT2D eigenvalue weighted by Gasteiger charge is -2.34. The quantitative estimate of drug-likeness (QED) is 0.612. The van der Waals surface area contributed by atoms with Crippen LogP contribution < -0.4 is 0 Å². The van der Waals surface area contributed by atoms with Gasteiger partial charge in [-0.05, 0) is 29.7 Å². The molecule has 1 aromatic carbocycles. The van der Waals surface area contributed by atoms with Crippen molar-refractivity contribution >= 4 is 11.8 Å². The fraction of sp³-hybridized carbons (Fsp3) is 0.455. The summed E-state index contributed by atoms with van der Waals surface area (Å²) >= 11 is 0. The largest absolute Gasteiger partial charge is 0.338 e. The molecule has 1 fully saturated rings. The number of fused-ring (bicyclic) bond motifs is 1. The molecule has 0 N–H and O–H groups in total. The van der Waals surface area contributed by atoms with Crippen LogP contribution in [-0.4, -0.2) is 77.6 Å². The van der Waals surface area contributed by atoms with E-state index in [1.807, 2.05) is 35.2 Å². The number of hydrogen-bond acceptors (Lipinski definition) is 6. The second-order valence-corrected chi connectivity index (χ2v) is 8.24. The minimum absolute atomic E-state index is 0.0367. The van der Waals surface area contributed by atoms with E-state index in [0.29, 0.717) is 31.9 Å². The molecule has 0 spiro atoms. The molecule has 5 rings (SSSR count). The fourth-order valence-corrected chi connectivity index (χ4v) is 4.50. The molecule has 4 heterocycles. The predicted octanol–water partition coefficient (Wildman–Crippen LogP) is 1.25. The summed E-state index contributed by atoms with van der Waals surface area (Å²) in [4.78, 5) is 34.4. The molecule has 2 aromatic heterocycles. The van der Waals surface area contributed by atoms with Crippen LogP contribution in [0.15, 0.2) is 36.7 Å². The van der Waals surface area contributed by atoms with Crippen LogP contribution in [0, 0.1) is 0 Å². The van der Waals surface area contributed by atoms with Crippen molar-refractivity contribution in [2.24, 2.45) is 0 Å². The number of carbonyl (C=O) groups is 2. The Bertz CT molecular complexity index is 1080. The molecular formula is C22H26N8O2. The van der Waals surface area contributed by atoms with Crippen LogP contribution in [0.2, 0.25) is 0 Å². The van der Waals surface area contributed by atoms with Gasteiger partial charge < -0.3 is 14.4 Å². The van der Waals surface area contributed by atoms with Gasteiger partial charge in [0.1, 0.15) is 24.4 Å². The number of amides is 2. The van der Waals surface area contributed by atoms with Gasteiger partial charge in [-0.3, -0.25) is 9.59 Å². The standard InChI is InChI=1S/C22H26N8O2/c31-19(15-29-16-23-25-26-29)27-11-13-28(14-12-27)22(32)20-18-9-5-2-6-10-30(18)21(24-20)17-7-3-1-4-8-17/h1,3-4,7-8,16H,2,5-6,9-15H2. The Morgan fingerprint density at radius 2 is 1.69 bits per heavy atom. The summed E-state index contributed by atoms with van der Waals surface area (Å²) in [6, 6.07) is 10.1. The van der Waals surface area contributed by atoms with Gasteiger partial charge in [0.2, 0.25) is 5.91 Å². The Labute approximate surface area is 185 Å². The Kier molecular flexibility index (Phi) is 5.66. The highest BCUT2D eigenvalue weighted by Crippen LogP contribution is 2.28. The molecule has 0 unspecified atom stereocenters. The van der Waals surface area contributed by atoms with E-state index in [1.165, 1.54) is 11.0 Å². The van der Waals surface area contributed by atoms with Crippen LogP contribution in [-0.2, 0) is 24.3 Å². The molecule has 0 bridgehead atoms. The molecule has 166 valence electrons. The maximum Gasteiger partial charge on any atom is 0.274 e. The highest BCUT2D eigenvalue weighted by atomic mass is 16.2. The fourth-order valence-electron chi connectivity index (χ4n) is 4.50. The zero-order chi connectivity index (χ0) is 21.9. The molecule has 10 nitrogen and oxygen atoms in total. The van der Waals surface area contributed by atoms with Crippen LogP contribution in [0.4, 0.5) is 0 Å². The highest BCUT2D eigenvalue weighted by molar-refractivity contribution is 5.94. The summed E-state index contributed by atoms with van der Waals surface area (Å²) in [5.41, 5.74) is 2.65. The zero-order valence-electron chi connectivity index (χ0n) is 17.9. The van der Waals surface area contributed by atoms with Gasteiger partial charge in [0.05, 0.1) is 5.69 Å². The van der Waals surface area contributed by atoms with Crippen LogP contribution in [0.25, 0.3) is 11.4 Å². The molecule has 0 saturated carbocycles. The van der Waals surface area contributed by atoms with E-state index in [4.69, 9.17) is 4.98 Å². The van der Waals surface area contributed by atoms with Crippen molar-refractivity contribution in [2.45, 2.75) is 38.8 Å². The lowest BCUT2D eigenvalue weighted by Crippen LogP contribution is -2.51. The zero-order valence-corrected chi connectivity index (χ0v) is 17.9. The van der Waals surface area contributed by atoms with Crippen molar-refractivity contribution in [3.63, 3.8) is 0 Å². The average molecular weight is 435 g/mol. The van der Waals surface area contributed by atoms with Gasteiger partial charge in [-0.2, -0.15) is 0 Å². The number of carbonyl (C=O) groups excluding carboxylic acids is 2. The Hall–Kier alpha value is -3.56. The molecule has 0 atom stereocenters. The van der Waals surface area contributed by atoms with Crippen molar-refractivity contribution in [2.75, 3.05) is 26.2 Å². The molecule has 1 saturated heterocycles. The second-order valence-electron chi connectivity index (χ2n) is 8.24. The molecule has 32 heavy (non-hydrogen) atoms. The van der Waals surface area contributed by atoms with E-state index in [0.717, 1.165) is 49.3 Å². The minimum Gasteiger partial charge on any atom is -0.338 e. The van der Waals surface area contributed by atoms with Crippen LogP contribution in [0.3, 0.4) is 0 Å². The first-order valence-electron chi connectivity index (χ1n) is 11.1. The topological polar surface area (TPSA) is 102 Å². The number of benzene rings is 1. The van der Waals surface area contributed by atoms with Gasteiger partial charge in [-0.15, -0.1) is 5.10 Å². The molecule has 2 aliphatic heterocycles. The lowest BCUT2D eigenvalue weighted by molar-refractivity contribution is -0.133. The molecule has 2 amide bonds. The number of imidazole rings is 1. The van der Waals surface area contributed by atoms with Gasteiger partial charge in [-0.25, -0.2) is 9.67 Å². The molecular weight excluding hydrogens is 408 g/mol. The van der Waals surface area contributed by atoms with Crippen LogP contribution in [0.5, 0.6) is 0 Å². The predicted molar refractivity (Wildman–Crippen MR) is 116 cm³/mol. The van der Waals surface area contributed by atoms with Crippen molar-refractivity contribution < 1.29 is 9.59 Å². The first-order valence-corrected chi connectivity index (χ1v) is 11.1. The van der Waals surface area contributed by atoms with Gasteiger partial charge in [-0.1, -0.05) is 36.8 Å². The number of aromatic nitrogens is 6. The van der Waals surface area contributed by atoms with Crippen molar-refractivity contribution in [3.8, 4) is 11.4 Å². The number of piperazine rings is 1. The summed E-state index contributed by atoms with van der Waals surface area (Å²) in [6.07, 6.45) is 5.61. The SMILES string of the molecule is O=C(Cn1cnnn1)N1CCN(C(=O)c2nc(-c3ccccc3)n3c2CCCCC3)CC1. The van der Waals surface area contributed by atoms with E-state index in [1.54, 1.807) is 4.90 Å². The average Bonchev–Trinajstić information content (AvgIpc) is 3.40. The van der Waals surface area contributed by atoms with E-state index >= 15 is 0 Å². The summed E-state index contributed by atoms with van der Waals surface area (Å²) in [7, 11) is 0. The van der Waals surface area contributed by atoms with Crippen molar-refractivity contribution in [1.29, 1.82) is 0 Å². The van der Waals surface area contributed by atoms with Gasteiger partial charge in [0.25, 0.3) is 5.91 Å². The molecule has 2 aliphatic rings. The lowest BCUT2D eigenvalue weighted by atomic mass is 10.1. The third-order valence-electron chi connectivity index (χ3n) is 6.21. The number of tetrazole rings is 1. The first-order chi connectivity index (χ1) is 15.7. The Balaban J connectivity index is 1.33. The van der Waals surface area contributed by atoms with Crippen LogP contribution >= 0.6 is 0 Å². The molecule has 0 aliphatic carbocycles. The van der Waals surface area contributed by atoms with E-state index in [-0.39, 0.29) is 18.4 Å². The van der Waals surface area contributed by atoms with E-state index < -0.39 is 0 Å². The maximum atomic E-state index is 13.5. The smallest absolute Gasteiger partial charge is 0.274 e. The monoisotopic (exact) mass is 434 g/mol. The summed E-state index contributed by atoms with van der Waals surface area (Å²) in [5.74, 6) is 0.790. The Morgan fingerprint density at radius 3 is 2.44 bits per heavy atom. The normalized spacial score (nSPS) is 16.5. The number of rotatable bonds is 4. The van der Waals surface area contributed by atoms with Gasteiger partial charge in [0.15, 0.2) is 0 Å². The summed E-state index contributed by atoms with van der Waals surface area (Å²) in [5, 5.41) is 10.9. The highest BCUT2D eigenvalue weighted by Gasteiger charge is 2.30. The number of hydrogen-bond donors (Lipinski definition) is 0. The first kappa shape index (κ1) is 20.3. The molecule has 10 heteroatoms. The Morgan fingerprint density at radius 1 is 0.906 bits per heavy atom. The third kappa shape index (κ3) is 4.00. The minimum atomic E-state index is -0.0494. The van der Waals surface area contributed by atoms with Crippen LogP contribution in [0.1, 0.15) is 35.4 Å². The van der Waals surface area contributed by atoms with Gasteiger partial charge >= 0.3 is 0 Å². The molecule has 3 aromatic rings. The van der Waals surface area contributed by atoms with Gasteiger partial charge in [0, 0.05) is 38.3 Å². The van der Waals surface area contributed by atoms with E-state index in [9.17, 15) is 9.59 Å². The molecule has 0 radical (unpaired) electrons. The summed E-state index contributed by atoms with van der Waals surface area (Å²) in [6.45, 7) is 2.97. The van der Waals surface area contributed by atoms with E-state index in [2.05, 4.69) is 20.1 Å². The maximum absolute atomic E-state index is 13.5. The second kappa shape index (κ2) is 8.89. The van der Waals surface area contributed by atoms with Crippen molar-refractivity contribution in [3.05, 3.63) is 48.0 Å². The summed E-state index contributed by atoms with van der Waals surface area (Å²) < 4.78 is 3.65. The number of nitrogens with zero attached hydrogens (tertiary/aromatic N) is 8. The van der Waals surface area contributed by atoms with Crippen molar-refractivity contribution in [1.82, 2.24) is 39.6 Å².